The van der Waals surface area contributed by atoms with Crippen molar-refractivity contribution in [1.82, 2.24) is 5.32 Å². The van der Waals surface area contributed by atoms with E-state index in [-0.39, 0.29) is 12.5 Å². The predicted molar refractivity (Wildman–Crippen MR) is 76.4 cm³/mol. The van der Waals surface area contributed by atoms with E-state index < -0.39 is 17.3 Å². The van der Waals surface area contributed by atoms with Crippen molar-refractivity contribution in [1.29, 1.82) is 0 Å². The lowest BCUT2D eigenvalue weighted by molar-refractivity contribution is -0.142. The molecule has 1 unspecified atom stereocenters. The molecule has 0 heterocycles. The number of carboxylic acid groups (broad SMARTS) is 1. The third-order valence-corrected chi connectivity index (χ3v) is 4.32. The quantitative estimate of drug-likeness (QED) is 0.837. The molecule has 1 aromatic carbocycles. The molecule has 1 fully saturated rings. The summed E-state index contributed by atoms with van der Waals surface area (Å²) >= 11 is 0. The van der Waals surface area contributed by atoms with Crippen molar-refractivity contribution < 1.29 is 14.7 Å². The topological polar surface area (TPSA) is 66.4 Å². The number of rotatable bonds is 6. The summed E-state index contributed by atoms with van der Waals surface area (Å²) in [6.07, 6.45) is 3.24. The Bertz CT molecular complexity index is 480. The van der Waals surface area contributed by atoms with Gasteiger partial charge >= 0.3 is 5.97 Å². The zero-order valence-electron chi connectivity index (χ0n) is 11.8. The molecule has 1 aromatic rings. The minimum Gasteiger partial charge on any atom is -0.481 e. The molecule has 1 saturated carbocycles. The Kier molecular flexibility index (Phi) is 4.42. The summed E-state index contributed by atoms with van der Waals surface area (Å²) in [5, 5.41) is 11.9. The monoisotopic (exact) mass is 275 g/mol. The molecule has 2 rings (SSSR count). The molecule has 0 aromatic heterocycles. The SMILES string of the molecule is CCC(CNC(=O)C1(c2ccccc2)CCC1)C(=O)O. The van der Waals surface area contributed by atoms with Crippen LogP contribution in [0.4, 0.5) is 0 Å². The number of benzene rings is 1. The summed E-state index contributed by atoms with van der Waals surface area (Å²) < 4.78 is 0. The van der Waals surface area contributed by atoms with Gasteiger partial charge in [0, 0.05) is 6.54 Å². The number of carbonyl (C=O) groups is 2. The molecule has 2 N–H and O–H groups in total. The lowest BCUT2D eigenvalue weighted by Crippen LogP contribution is -2.50. The van der Waals surface area contributed by atoms with Gasteiger partial charge in [0.2, 0.25) is 5.91 Å². The van der Waals surface area contributed by atoms with Crippen molar-refractivity contribution in [3.8, 4) is 0 Å². The minimum absolute atomic E-state index is 0.0327. The summed E-state index contributed by atoms with van der Waals surface area (Å²) in [7, 11) is 0. The molecular formula is C16H21NO3. The lowest BCUT2D eigenvalue weighted by Gasteiger charge is -2.41. The van der Waals surface area contributed by atoms with Crippen LogP contribution in [-0.2, 0) is 15.0 Å². The lowest BCUT2D eigenvalue weighted by atomic mass is 9.64. The fourth-order valence-corrected chi connectivity index (χ4v) is 2.73. The van der Waals surface area contributed by atoms with Crippen molar-refractivity contribution in [2.75, 3.05) is 6.54 Å². The Balaban J connectivity index is 2.05. The first kappa shape index (κ1) is 14.6. The molecule has 4 heteroatoms. The second-order valence-corrected chi connectivity index (χ2v) is 5.46. The third kappa shape index (κ3) is 2.69. The number of nitrogens with one attached hydrogen (secondary N) is 1. The van der Waals surface area contributed by atoms with Gasteiger partial charge in [-0.05, 0) is 24.8 Å². The summed E-state index contributed by atoms with van der Waals surface area (Å²) in [6.45, 7) is 2.03. The smallest absolute Gasteiger partial charge is 0.308 e. The molecule has 0 saturated heterocycles. The zero-order valence-corrected chi connectivity index (χ0v) is 11.8. The predicted octanol–water partition coefficient (Wildman–Crippen LogP) is 2.34. The van der Waals surface area contributed by atoms with Crippen molar-refractivity contribution in [2.45, 2.75) is 38.0 Å². The van der Waals surface area contributed by atoms with Crippen LogP contribution in [0.2, 0.25) is 0 Å². The molecule has 0 spiro atoms. The molecule has 1 atom stereocenters. The van der Waals surface area contributed by atoms with E-state index >= 15 is 0 Å². The molecule has 1 amide bonds. The van der Waals surface area contributed by atoms with Crippen molar-refractivity contribution >= 4 is 11.9 Å². The maximum absolute atomic E-state index is 12.5. The van der Waals surface area contributed by atoms with E-state index in [1.54, 1.807) is 0 Å². The fraction of sp³-hybridized carbons (Fsp3) is 0.500. The van der Waals surface area contributed by atoms with Gasteiger partial charge in [-0.3, -0.25) is 9.59 Å². The number of carbonyl (C=O) groups excluding carboxylic acids is 1. The average Bonchev–Trinajstić information content (AvgIpc) is 2.39. The van der Waals surface area contributed by atoms with E-state index in [4.69, 9.17) is 5.11 Å². The molecular weight excluding hydrogens is 254 g/mol. The normalized spacial score (nSPS) is 17.9. The van der Waals surface area contributed by atoms with Gasteiger partial charge in [-0.2, -0.15) is 0 Å². The standard InChI is InChI=1S/C16H21NO3/c1-2-12(14(18)19)11-17-15(20)16(9-6-10-16)13-7-4-3-5-8-13/h3-5,7-8,12H,2,6,9-11H2,1H3,(H,17,20)(H,18,19). The number of aliphatic carboxylic acids is 1. The Morgan fingerprint density at radius 1 is 1.30 bits per heavy atom. The van der Waals surface area contributed by atoms with E-state index in [1.165, 1.54) is 0 Å². The number of hydrogen-bond donors (Lipinski definition) is 2. The fourth-order valence-electron chi connectivity index (χ4n) is 2.73. The van der Waals surface area contributed by atoms with E-state index in [1.807, 2.05) is 37.3 Å². The van der Waals surface area contributed by atoms with E-state index in [2.05, 4.69) is 5.32 Å². The highest BCUT2D eigenvalue weighted by atomic mass is 16.4. The van der Waals surface area contributed by atoms with Gasteiger partial charge < -0.3 is 10.4 Å². The van der Waals surface area contributed by atoms with Crippen molar-refractivity contribution in [2.24, 2.45) is 5.92 Å². The second-order valence-electron chi connectivity index (χ2n) is 5.46. The van der Waals surface area contributed by atoms with Crippen LogP contribution in [-0.4, -0.2) is 23.5 Å². The summed E-state index contributed by atoms with van der Waals surface area (Å²) in [5.41, 5.74) is 0.588. The number of carboxylic acids is 1. The van der Waals surface area contributed by atoms with Gasteiger partial charge in [0.05, 0.1) is 11.3 Å². The molecule has 0 bridgehead atoms. The van der Waals surface area contributed by atoms with Crippen molar-refractivity contribution in [3.05, 3.63) is 35.9 Å². The first-order valence-corrected chi connectivity index (χ1v) is 7.17. The molecule has 20 heavy (non-hydrogen) atoms. The third-order valence-electron chi connectivity index (χ3n) is 4.32. The molecule has 108 valence electrons. The molecule has 1 aliphatic rings. The Morgan fingerprint density at radius 3 is 2.40 bits per heavy atom. The van der Waals surface area contributed by atoms with Gasteiger partial charge in [-0.15, -0.1) is 0 Å². The Labute approximate surface area is 119 Å². The zero-order chi connectivity index (χ0) is 14.6. The van der Waals surface area contributed by atoms with Crippen LogP contribution in [0.1, 0.15) is 38.2 Å². The van der Waals surface area contributed by atoms with E-state index in [0.29, 0.717) is 6.42 Å². The maximum atomic E-state index is 12.5. The van der Waals surface area contributed by atoms with Gasteiger partial charge in [-0.25, -0.2) is 0 Å². The van der Waals surface area contributed by atoms with Crippen molar-refractivity contribution in [3.63, 3.8) is 0 Å². The largest absolute Gasteiger partial charge is 0.481 e. The van der Waals surface area contributed by atoms with E-state index in [0.717, 1.165) is 24.8 Å². The van der Waals surface area contributed by atoms with E-state index in [9.17, 15) is 9.59 Å². The first-order valence-electron chi connectivity index (χ1n) is 7.17. The highest BCUT2D eigenvalue weighted by Crippen LogP contribution is 2.43. The van der Waals surface area contributed by atoms with Crippen LogP contribution in [0.5, 0.6) is 0 Å². The summed E-state index contributed by atoms with van der Waals surface area (Å²) in [5.74, 6) is -1.39. The van der Waals surface area contributed by atoms with Gasteiger partial charge in [-0.1, -0.05) is 43.7 Å². The minimum atomic E-state index is -0.852. The van der Waals surface area contributed by atoms with Gasteiger partial charge in [0.25, 0.3) is 0 Å². The van der Waals surface area contributed by atoms with Crippen LogP contribution in [0.15, 0.2) is 30.3 Å². The van der Waals surface area contributed by atoms with Crippen LogP contribution in [0.25, 0.3) is 0 Å². The average molecular weight is 275 g/mol. The summed E-state index contributed by atoms with van der Waals surface area (Å²) in [6, 6.07) is 9.77. The van der Waals surface area contributed by atoms with Crippen LogP contribution >= 0.6 is 0 Å². The van der Waals surface area contributed by atoms with Crippen LogP contribution in [0, 0.1) is 5.92 Å². The molecule has 0 radical (unpaired) electrons. The number of hydrogen-bond acceptors (Lipinski definition) is 2. The maximum Gasteiger partial charge on any atom is 0.308 e. The highest BCUT2D eigenvalue weighted by Gasteiger charge is 2.45. The Morgan fingerprint density at radius 2 is 1.95 bits per heavy atom. The molecule has 1 aliphatic carbocycles. The molecule has 0 aliphatic heterocycles. The first-order chi connectivity index (χ1) is 9.60. The van der Waals surface area contributed by atoms with Crippen LogP contribution in [0.3, 0.4) is 0 Å². The second kappa shape index (κ2) is 6.07. The Hall–Kier alpha value is -1.84. The van der Waals surface area contributed by atoms with Gasteiger partial charge in [0.15, 0.2) is 0 Å². The molecule has 4 nitrogen and oxygen atoms in total. The highest BCUT2D eigenvalue weighted by molar-refractivity contribution is 5.89. The van der Waals surface area contributed by atoms with Gasteiger partial charge in [0.1, 0.15) is 0 Å². The van der Waals surface area contributed by atoms with Crippen LogP contribution < -0.4 is 5.32 Å². The number of amides is 1. The summed E-state index contributed by atoms with van der Waals surface area (Å²) in [4.78, 5) is 23.5.